The third-order valence-corrected chi connectivity index (χ3v) is 2.93. The smallest absolute Gasteiger partial charge is 0.387 e. The quantitative estimate of drug-likeness (QED) is 0.834. The number of rotatable bonds is 6. The van der Waals surface area contributed by atoms with E-state index in [2.05, 4.69) is 15.4 Å². The number of alkyl halides is 2. The van der Waals surface area contributed by atoms with Crippen LogP contribution in [0.4, 0.5) is 14.5 Å². The molecule has 1 aliphatic rings. The zero-order chi connectivity index (χ0) is 14.6. The lowest BCUT2D eigenvalue weighted by molar-refractivity contribution is -0.130. The SMILES string of the molecule is CC1(OCC(=O)Nc2ccccc2OC(F)F)CNC1. The Labute approximate surface area is 115 Å². The standard InChI is InChI=1S/C13H16F2N2O3/c1-13(7-16-8-13)19-6-11(18)17-9-4-2-3-5-10(9)20-12(14)15/h2-5,12,16H,6-8H2,1H3,(H,17,18). The largest absolute Gasteiger partial charge is 0.433 e. The van der Waals surface area contributed by atoms with Gasteiger partial charge in [-0.2, -0.15) is 8.78 Å². The predicted octanol–water partition coefficient (Wildman–Crippen LogP) is 1.60. The molecule has 1 heterocycles. The number of hydrogen-bond donors (Lipinski definition) is 2. The van der Waals surface area contributed by atoms with Crippen LogP contribution in [-0.2, 0) is 9.53 Å². The normalized spacial score (nSPS) is 16.6. The molecule has 1 aromatic rings. The fourth-order valence-electron chi connectivity index (χ4n) is 1.77. The summed E-state index contributed by atoms with van der Waals surface area (Å²) in [5.41, 5.74) is -0.144. The van der Waals surface area contributed by atoms with Gasteiger partial charge in [-0.1, -0.05) is 12.1 Å². The molecule has 0 aromatic heterocycles. The van der Waals surface area contributed by atoms with Gasteiger partial charge in [-0.15, -0.1) is 0 Å². The summed E-state index contributed by atoms with van der Waals surface area (Å²) in [7, 11) is 0. The van der Waals surface area contributed by atoms with Gasteiger partial charge in [-0.3, -0.25) is 4.79 Å². The van der Waals surface area contributed by atoms with Crippen molar-refractivity contribution in [1.82, 2.24) is 5.32 Å². The number of carbonyl (C=O) groups excluding carboxylic acids is 1. The summed E-state index contributed by atoms with van der Waals surface area (Å²) in [6.07, 6.45) is 0. The van der Waals surface area contributed by atoms with Crippen LogP contribution in [0.5, 0.6) is 5.75 Å². The van der Waals surface area contributed by atoms with Crippen LogP contribution in [0.2, 0.25) is 0 Å². The molecular weight excluding hydrogens is 270 g/mol. The van der Waals surface area contributed by atoms with Crippen molar-refractivity contribution in [2.24, 2.45) is 0 Å². The van der Waals surface area contributed by atoms with Crippen LogP contribution >= 0.6 is 0 Å². The monoisotopic (exact) mass is 286 g/mol. The molecule has 0 radical (unpaired) electrons. The van der Waals surface area contributed by atoms with Gasteiger partial charge in [0.05, 0.1) is 11.3 Å². The zero-order valence-corrected chi connectivity index (χ0v) is 11.0. The minimum absolute atomic E-state index is 0.0765. The molecule has 2 N–H and O–H groups in total. The maximum atomic E-state index is 12.2. The van der Waals surface area contributed by atoms with Crippen LogP contribution in [-0.4, -0.2) is 37.8 Å². The fraction of sp³-hybridized carbons (Fsp3) is 0.462. The Morgan fingerprint density at radius 1 is 1.45 bits per heavy atom. The number of carbonyl (C=O) groups is 1. The number of ether oxygens (including phenoxy) is 2. The van der Waals surface area contributed by atoms with E-state index in [1.807, 2.05) is 6.92 Å². The van der Waals surface area contributed by atoms with Crippen LogP contribution in [0.3, 0.4) is 0 Å². The minimum Gasteiger partial charge on any atom is -0.433 e. The van der Waals surface area contributed by atoms with E-state index in [-0.39, 0.29) is 23.6 Å². The van der Waals surface area contributed by atoms with Crippen molar-refractivity contribution in [3.63, 3.8) is 0 Å². The summed E-state index contributed by atoms with van der Waals surface area (Å²) in [5.74, 6) is -0.490. The number of benzene rings is 1. The van der Waals surface area contributed by atoms with Gasteiger partial charge in [0.15, 0.2) is 0 Å². The number of para-hydroxylation sites is 2. The first-order valence-corrected chi connectivity index (χ1v) is 6.17. The number of nitrogens with one attached hydrogen (secondary N) is 2. The summed E-state index contributed by atoms with van der Waals surface area (Å²) >= 11 is 0. The highest BCUT2D eigenvalue weighted by molar-refractivity contribution is 5.93. The molecule has 0 saturated carbocycles. The van der Waals surface area contributed by atoms with Crippen molar-refractivity contribution in [3.05, 3.63) is 24.3 Å². The van der Waals surface area contributed by atoms with Gasteiger partial charge < -0.3 is 20.1 Å². The maximum Gasteiger partial charge on any atom is 0.387 e. The van der Waals surface area contributed by atoms with E-state index in [1.54, 1.807) is 12.1 Å². The summed E-state index contributed by atoms with van der Waals surface area (Å²) in [6, 6.07) is 6.01. The molecule has 1 aliphatic heterocycles. The first-order valence-electron chi connectivity index (χ1n) is 6.17. The summed E-state index contributed by atoms with van der Waals surface area (Å²) in [4.78, 5) is 11.7. The molecule has 2 rings (SSSR count). The lowest BCUT2D eigenvalue weighted by Crippen LogP contribution is -2.59. The second-order valence-electron chi connectivity index (χ2n) is 4.76. The fourth-order valence-corrected chi connectivity index (χ4v) is 1.77. The molecule has 0 aliphatic carbocycles. The molecule has 0 atom stereocenters. The van der Waals surface area contributed by atoms with Crippen LogP contribution < -0.4 is 15.4 Å². The van der Waals surface area contributed by atoms with Crippen LogP contribution in [0.1, 0.15) is 6.92 Å². The van der Waals surface area contributed by atoms with Gasteiger partial charge in [0, 0.05) is 13.1 Å². The molecule has 1 aromatic carbocycles. The van der Waals surface area contributed by atoms with Gasteiger partial charge in [0.2, 0.25) is 0 Å². The van der Waals surface area contributed by atoms with Crippen molar-refractivity contribution < 1.29 is 23.0 Å². The average molecular weight is 286 g/mol. The Morgan fingerprint density at radius 2 is 2.15 bits per heavy atom. The van der Waals surface area contributed by atoms with E-state index < -0.39 is 12.5 Å². The number of hydrogen-bond acceptors (Lipinski definition) is 4. The van der Waals surface area contributed by atoms with Crippen LogP contribution in [0.25, 0.3) is 0 Å². The zero-order valence-electron chi connectivity index (χ0n) is 11.0. The van der Waals surface area contributed by atoms with Crippen molar-refractivity contribution in [2.45, 2.75) is 19.1 Å². The van der Waals surface area contributed by atoms with Gasteiger partial charge in [0.1, 0.15) is 12.4 Å². The Hall–Kier alpha value is -1.73. The third-order valence-electron chi connectivity index (χ3n) is 2.93. The maximum absolute atomic E-state index is 12.2. The van der Waals surface area contributed by atoms with Gasteiger partial charge in [-0.25, -0.2) is 0 Å². The Kier molecular flexibility index (Phi) is 4.51. The molecule has 7 heteroatoms. The van der Waals surface area contributed by atoms with E-state index >= 15 is 0 Å². The summed E-state index contributed by atoms with van der Waals surface area (Å²) in [5, 5.41) is 5.54. The van der Waals surface area contributed by atoms with E-state index in [9.17, 15) is 13.6 Å². The van der Waals surface area contributed by atoms with E-state index in [1.165, 1.54) is 12.1 Å². The van der Waals surface area contributed by atoms with E-state index in [0.29, 0.717) is 13.1 Å². The lowest BCUT2D eigenvalue weighted by Gasteiger charge is -2.38. The molecule has 1 fully saturated rings. The highest BCUT2D eigenvalue weighted by atomic mass is 19.3. The molecule has 0 spiro atoms. The molecular formula is C13H16F2N2O3. The topological polar surface area (TPSA) is 59.6 Å². The highest BCUT2D eigenvalue weighted by Gasteiger charge is 2.33. The molecule has 0 unspecified atom stereocenters. The van der Waals surface area contributed by atoms with Crippen molar-refractivity contribution in [1.29, 1.82) is 0 Å². The Morgan fingerprint density at radius 3 is 2.75 bits per heavy atom. The van der Waals surface area contributed by atoms with Crippen molar-refractivity contribution >= 4 is 11.6 Å². The van der Waals surface area contributed by atoms with Gasteiger partial charge in [0.25, 0.3) is 5.91 Å². The highest BCUT2D eigenvalue weighted by Crippen LogP contribution is 2.25. The average Bonchev–Trinajstić information content (AvgIpc) is 2.36. The third kappa shape index (κ3) is 3.88. The number of anilines is 1. The Bertz CT molecular complexity index is 478. The second kappa shape index (κ2) is 6.15. The van der Waals surface area contributed by atoms with Crippen LogP contribution in [0.15, 0.2) is 24.3 Å². The van der Waals surface area contributed by atoms with Crippen LogP contribution in [0, 0.1) is 0 Å². The molecule has 1 saturated heterocycles. The first-order chi connectivity index (χ1) is 9.48. The second-order valence-corrected chi connectivity index (χ2v) is 4.76. The van der Waals surface area contributed by atoms with Crippen molar-refractivity contribution in [3.8, 4) is 5.75 Å². The van der Waals surface area contributed by atoms with Gasteiger partial charge >= 0.3 is 6.61 Å². The Balaban J connectivity index is 1.90. The molecule has 0 bridgehead atoms. The van der Waals surface area contributed by atoms with E-state index in [0.717, 1.165) is 0 Å². The number of amides is 1. The minimum atomic E-state index is -2.94. The lowest BCUT2D eigenvalue weighted by atomic mass is 10.0. The first kappa shape index (κ1) is 14.7. The van der Waals surface area contributed by atoms with Gasteiger partial charge in [-0.05, 0) is 19.1 Å². The number of halogens is 2. The summed E-state index contributed by atoms with van der Waals surface area (Å²) in [6.45, 7) is 0.187. The predicted molar refractivity (Wildman–Crippen MR) is 68.9 cm³/mol. The van der Waals surface area contributed by atoms with E-state index in [4.69, 9.17) is 4.74 Å². The summed E-state index contributed by atoms with van der Waals surface area (Å²) < 4.78 is 34.2. The molecule has 20 heavy (non-hydrogen) atoms. The molecule has 5 nitrogen and oxygen atoms in total. The molecule has 1 amide bonds. The van der Waals surface area contributed by atoms with Crippen molar-refractivity contribution in [2.75, 3.05) is 25.0 Å². The molecule has 110 valence electrons.